The van der Waals surface area contributed by atoms with E-state index in [1.165, 1.54) is 0 Å². The van der Waals surface area contributed by atoms with E-state index >= 15 is 0 Å². The highest BCUT2D eigenvalue weighted by Gasteiger charge is 2.29. The minimum absolute atomic E-state index is 0.0115. The van der Waals surface area contributed by atoms with Crippen LogP contribution >= 0.6 is 0 Å². The van der Waals surface area contributed by atoms with Crippen LogP contribution in [0.3, 0.4) is 0 Å². The first-order chi connectivity index (χ1) is 15.6. The Labute approximate surface area is 191 Å². The molecule has 1 N–H and O–H groups in total. The number of hydrogen-bond donors (Lipinski definition) is 1. The number of hydrogen-bond acceptors (Lipinski definition) is 2. The zero-order chi connectivity index (χ0) is 22.8. The highest BCUT2D eigenvalue weighted by Crippen LogP contribution is 2.17. The van der Waals surface area contributed by atoms with Gasteiger partial charge in [0.15, 0.2) is 0 Å². The number of carbonyl (C=O) groups is 2. The standard InChI is InChI=1S/C28H32N2O2/c1-3-29-28(32)26(20-24-14-8-5-9-15-24)30(21-25-16-10-11-22(2)19-25)27(31)18-17-23-12-6-4-7-13-23/h4-16,19,26H,3,17-18,20-21H2,1-2H3,(H,29,32). The molecule has 3 aromatic rings. The van der Waals surface area contributed by atoms with Gasteiger partial charge in [-0.1, -0.05) is 90.5 Å². The second kappa shape index (κ2) is 11.8. The third kappa shape index (κ3) is 6.81. The molecule has 32 heavy (non-hydrogen) atoms. The van der Waals surface area contributed by atoms with Gasteiger partial charge in [-0.05, 0) is 37.0 Å². The monoisotopic (exact) mass is 428 g/mol. The van der Waals surface area contributed by atoms with Crippen LogP contribution in [-0.4, -0.2) is 29.3 Å². The number of likely N-dealkylation sites (N-methyl/N-ethyl adjacent to an activating group) is 1. The average molecular weight is 429 g/mol. The molecule has 0 aromatic heterocycles. The Kier molecular flexibility index (Phi) is 8.61. The smallest absolute Gasteiger partial charge is 0.243 e. The van der Waals surface area contributed by atoms with E-state index in [1.807, 2.05) is 92.7 Å². The summed E-state index contributed by atoms with van der Waals surface area (Å²) in [5, 5.41) is 2.94. The highest BCUT2D eigenvalue weighted by molar-refractivity contribution is 5.88. The summed E-state index contributed by atoms with van der Waals surface area (Å²) in [6.45, 7) is 4.88. The maximum Gasteiger partial charge on any atom is 0.243 e. The molecule has 1 unspecified atom stereocenters. The zero-order valence-electron chi connectivity index (χ0n) is 19.0. The van der Waals surface area contributed by atoms with Gasteiger partial charge in [0, 0.05) is 25.9 Å². The molecule has 3 rings (SSSR count). The first kappa shape index (κ1) is 23.3. The summed E-state index contributed by atoms with van der Waals surface area (Å²) in [6.07, 6.45) is 1.49. The van der Waals surface area contributed by atoms with Crippen molar-refractivity contribution in [1.29, 1.82) is 0 Å². The molecule has 3 aromatic carbocycles. The first-order valence-electron chi connectivity index (χ1n) is 11.3. The fourth-order valence-corrected chi connectivity index (χ4v) is 3.89. The minimum Gasteiger partial charge on any atom is -0.355 e. The Balaban J connectivity index is 1.88. The predicted octanol–water partition coefficient (Wildman–Crippen LogP) is 4.70. The molecule has 166 valence electrons. The molecule has 1 atom stereocenters. The fourth-order valence-electron chi connectivity index (χ4n) is 3.89. The summed E-state index contributed by atoms with van der Waals surface area (Å²) in [5.74, 6) is -0.125. The molecule has 0 saturated carbocycles. The van der Waals surface area contributed by atoms with Crippen LogP contribution in [0.1, 0.15) is 35.6 Å². The molecular weight excluding hydrogens is 396 g/mol. The molecule has 4 heteroatoms. The van der Waals surface area contributed by atoms with Gasteiger partial charge in [-0.15, -0.1) is 0 Å². The summed E-state index contributed by atoms with van der Waals surface area (Å²) < 4.78 is 0. The summed E-state index contributed by atoms with van der Waals surface area (Å²) >= 11 is 0. The maximum atomic E-state index is 13.5. The molecule has 0 aliphatic heterocycles. The number of benzene rings is 3. The van der Waals surface area contributed by atoms with E-state index < -0.39 is 6.04 Å². The summed E-state index contributed by atoms with van der Waals surface area (Å²) in [6, 6.07) is 27.5. The van der Waals surface area contributed by atoms with Crippen LogP contribution in [0.2, 0.25) is 0 Å². The van der Waals surface area contributed by atoms with E-state index in [1.54, 1.807) is 4.90 Å². The lowest BCUT2D eigenvalue weighted by Crippen LogP contribution is -2.50. The number of nitrogens with zero attached hydrogens (tertiary/aromatic N) is 1. The third-order valence-corrected chi connectivity index (χ3v) is 5.53. The molecule has 0 heterocycles. The number of rotatable bonds is 10. The quantitative estimate of drug-likeness (QED) is 0.509. The first-order valence-corrected chi connectivity index (χ1v) is 11.3. The Morgan fingerprint density at radius 1 is 0.844 bits per heavy atom. The summed E-state index contributed by atoms with van der Waals surface area (Å²) in [7, 11) is 0. The minimum atomic E-state index is -0.568. The van der Waals surface area contributed by atoms with Crippen molar-refractivity contribution in [3.8, 4) is 0 Å². The lowest BCUT2D eigenvalue weighted by atomic mass is 10.0. The lowest BCUT2D eigenvalue weighted by molar-refractivity contribution is -0.141. The van der Waals surface area contributed by atoms with E-state index in [4.69, 9.17) is 0 Å². The molecule has 0 radical (unpaired) electrons. The van der Waals surface area contributed by atoms with Crippen LogP contribution in [0, 0.1) is 6.92 Å². The van der Waals surface area contributed by atoms with Crippen LogP contribution in [0.5, 0.6) is 0 Å². The van der Waals surface area contributed by atoms with Crippen molar-refractivity contribution in [2.45, 2.75) is 45.7 Å². The van der Waals surface area contributed by atoms with Crippen molar-refractivity contribution in [3.63, 3.8) is 0 Å². The van der Waals surface area contributed by atoms with Gasteiger partial charge in [0.1, 0.15) is 6.04 Å². The van der Waals surface area contributed by atoms with Crippen LogP contribution in [0.25, 0.3) is 0 Å². The van der Waals surface area contributed by atoms with E-state index in [9.17, 15) is 9.59 Å². The molecule has 0 aliphatic rings. The van der Waals surface area contributed by atoms with Crippen molar-refractivity contribution in [1.82, 2.24) is 10.2 Å². The van der Waals surface area contributed by atoms with Gasteiger partial charge in [-0.3, -0.25) is 9.59 Å². The number of nitrogens with one attached hydrogen (secondary N) is 1. The highest BCUT2D eigenvalue weighted by atomic mass is 16.2. The fraction of sp³-hybridized carbons (Fsp3) is 0.286. The van der Waals surface area contributed by atoms with Crippen LogP contribution in [0.15, 0.2) is 84.9 Å². The van der Waals surface area contributed by atoms with E-state index in [-0.39, 0.29) is 11.8 Å². The molecule has 0 bridgehead atoms. The molecule has 0 aliphatic carbocycles. The van der Waals surface area contributed by atoms with Gasteiger partial charge in [-0.2, -0.15) is 0 Å². The van der Waals surface area contributed by atoms with Crippen LogP contribution in [0.4, 0.5) is 0 Å². The predicted molar refractivity (Wildman–Crippen MR) is 129 cm³/mol. The van der Waals surface area contributed by atoms with Crippen molar-refractivity contribution < 1.29 is 9.59 Å². The van der Waals surface area contributed by atoms with Crippen molar-refractivity contribution in [3.05, 3.63) is 107 Å². The van der Waals surface area contributed by atoms with Gasteiger partial charge < -0.3 is 10.2 Å². The Bertz CT molecular complexity index is 1000. The molecule has 0 spiro atoms. The Morgan fingerprint density at radius 3 is 2.09 bits per heavy atom. The molecule has 2 amide bonds. The van der Waals surface area contributed by atoms with Gasteiger partial charge in [0.25, 0.3) is 0 Å². The lowest BCUT2D eigenvalue weighted by Gasteiger charge is -2.31. The van der Waals surface area contributed by atoms with Crippen molar-refractivity contribution in [2.24, 2.45) is 0 Å². The average Bonchev–Trinajstić information content (AvgIpc) is 2.81. The number of aryl methyl sites for hydroxylation is 2. The van der Waals surface area contributed by atoms with Crippen LogP contribution in [-0.2, 0) is 29.0 Å². The van der Waals surface area contributed by atoms with Gasteiger partial charge in [0.05, 0.1) is 0 Å². The molecule has 0 fully saturated rings. The largest absolute Gasteiger partial charge is 0.355 e. The molecule has 4 nitrogen and oxygen atoms in total. The van der Waals surface area contributed by atoms with Gasteiger partial charge in [-0.25, -0.2) is 0 Å². The number of carbonyl (C=O) groups excluding carboxylic acids is 2. The summed E-state index contributed by atoms with van der Waals surface area (Å²) in [4.78, 5) is 28.4. The van der Waals surface area contributed by atoms with Crippen LogP contribution < -0.4 is 5.32 Å². The maximum absolute atomic E-state index is 13.5. The van der Waals surface area contributed by atoms with E-state index in [0.29, 0.717) is 32.4 Å². The van der Waals surface area contributed by atoms with Gasteiger partial charge in [0.2, 0.25) is 11.8 Å². The molecule has 0 saturated heterocycles. The second-order valence-electron chi connectivity index (χ2n) is 8.10. The second-order valence-corrected chi connectivity index (χ2v) is 8.10. The van der Waals surface area contributed by atoms with Crippen molar-refractivity contribution in [2.75, 3.05) is 6.54 Å². The van der Waals surface area contributed by atoms with E-state index in [0.717, 1.165) is 22.3 Å². The summed E-state index contributed by atoms with van der Waals surface area (Å²) in [5.41, 5.74) is 4.32. The third-order valence-electron chi connectivity index (χ3n) is 5.53. The SMILES string of the molecule is CCNC(=O)C(Cc1ccccc1)N(Cc1cccc(C)c1)C(=O)CCc1ccccc1. The van der Waals surface area contributed by atoms with Gasteiger partial charge >= 0.3 is 0 Å². The Hall–Kier alpha value is -3.40. The Morgan fingerprint density at radius 2 is 1.47 bits per heavy atom. The van der Waals surface area contributed by atoms with Crippen molar-refractivity contribution >= 4 is 11.8 Å². The normalized spacial score (nSPS) is 11.6. The topological polar surface area (TPSA) is 49.4 Å². The zero-order valence-corrected chi connectivity index (χ0v) is 19.0. The van der Waals surface area contributed by atoms with E-state index in [2.05, 4.69) is 11.4 Å². The number of amides is 2. The molecular formula is C28H32N2O2.